The second-order valence-electron chi connectivity index (χ2n) is 7.15. The molecule has 156 valence electrons. The van der Waals surface area contributed by atoms with Gasteiger partial charge in [-0.15, -0.1) is 0 Å². The molecular formula is C22H26ClNO5. The summed E-state index contributed by atoms with van der Waals surface area (Å²) in [7, 11) is 0. The zero-order valence-electron chi connectivity index (χ0n) is 17.3. The Bertz CT molecular complexity index is 899. The van der Waals surface area contributed by atoms with E-state index < -0.39 is 30.2 Å². The summed E-state index contributed by atoms with van der Waals surface area (Å²) < 4.78 is 10.4. The van der Waals surface area contributed by atoms with Crippen molar-refractivity contribution in [3.05, 3.63) is 57.4 Å². The lowest BCUT2D eigenvalue weighted by Gasteiger charge is -2.19. The van der Waals surface area contributed by atoms with Gasteiger partial charge in [0.15, 0.2) is 6.61 Å². The Morgan fingerprint density at radius 3 is 2.24 bits per heavy atom. The van der Waals surface area contributed by atoms with Crippen LogP contribution >= 0.6 is 11.6 Å². The van der Waals surface area contributed by atoms with Crippen molar-refractivity contribution in [1.82, 2.24) is 4.98 Å². The average molecular weight is 420 g/mol. The van der Waals surface area contributed by atoms with E-state index in [2.05, 4.69) is 4.98 Å². The zero-order chi connectivity index (χ0) is 21.7. The van der Waals surface area contributed by atoms with E-state index in [4.69, 9.17) is 21.1 Å². The van der Waals surface area contributed by atoms with Crippen molar-refractivity contribution in [2.75, 3.05) is 13.2 Å². The number of carbonyl (C=O) groups excluding carboxylic acids is 3. The monoisotopic (exact) mass is 419 g/mol. The third kappa shape index (κ3) is 5.26. The molecule has 1 heterocycles. The van der Waals surface area contributed by atoms with Crippen molar-refractivity contribution in [1.29, 1.82) is 0 Å². The molecule has 7 heteroatoms. The summed E-state index contributed by atoms with van der Waals surface area (Å²) in [6, 6.07) is 6.99. The van der Waals surface area contributed by atoms with E-state index in [0.717, 1.165) is 5.56 Å². The molecule has 0 unspecified atom stereocenters. The second-order valence-corrected chi connectivity index (χ2v) is 7.59. The number of aromatic nitrogens is 1. The minimum absolute atomic E-state index is 0.0244. The van der Waals surface area contributed by atoms with Crippen LogP contribution in [0.4, 0.5) is 0 Å². The molecule has 6 nitrogen and oxygen atoms in total. The van der Waals surface area contributed by atoms with Gasteiger partial charge in [-0.3, -0.25) is 9.59 Å². The maximum Gasteiger partial charge on any atom is 0.340 e. The van der Waals surface area contributed by atoms with Gasteiger partial charge in [-0.2, -0.15) is 0 Å². The fraction of sp³-hybridized carbons (Fsp3) is 0.409. The lowest BCUT2D eigenvalue weighted by molar-refractivity contribution is -0.145. The quantitative estimate of drug-likeness (QED) is 0.498. The van der Waals surface area contributed by atoms with Crippen LogP contribution < -0.4 is 0 Å². The molecule has 0 bridgehead atoms. The van der Waals surface area contributed by atoms with E-state index in [0.29, 0.717) is 21.8 Å². The molecule has 0 saturated heterocycles. The first-order valence-electron chi connectivity index (χ1n) is 9.48. The fourth-order valence-corrected chi connectivity index (χ4v) is 3.43. The van der Waals surface area contributed by atoms with E-state index in [9.17, 15) is 14.4 Å². The summed E-state index contributed by atoms with van der Waals surface area (Å²) in [6.45, 7) is 8.71. The van der Waals surface area contributed by atoms with Gasteiger partial charge in [0.1, 0.15) is 0 Å². The topological polar surface area (TPSA) is 85.5 Å². The lowest BCUT2D eigenvalue weighted by atomic mass is 9.88. The number of halogens is 1. The summed E-state index contributed by atoms with van der Waals surface area (Å²) >= 11 is 5.92. The molecule has 0 spiro atoms. The minimum Gasteiger partial charge on any atom is -0.462 e. The average Bonchev–Trinajstić information content (AvgIpc) is 2.96. The molecule has 0 amide bonds. The Kier molecular flexibility index (Phi) is 7.62. The van der Waals surface area contributed by atoms with Crippen LogP contribution in [0.15, 0.2) is 24.3 Å². The maximum atomic E-state index is 12.7. The van der Waals surface area contributed by atoms with Crippen LogP contribution in [-0.2, 0) is 14.3 Å². The maximum absolute atomic E-state index is 12.7. The summed E-state index contributed by atoms with van der Waals surface area (Å²) in [5, 5.41) is 0.579. The van der Waals surface area contributed by atoms with Gasteiger partial charge >= 0.3 is 11.9 Å². The molecule has 1 N–H and O–H groups in total. The number of hydrogen-bond acceptors (Lipinski definition) is 5. The van der Waals surface area contributed by atoms with Crippen molar-refractivity contribution >= 4 is 29.3 Å². The Labute approximate surface area is 175 Å². The van der Waals surface area contributed by atoms with Crippen LogP contribution in [0.5, 0.6) is 0 Å². The smallest absolute Gasteiger partial charge is 0.340 e. The first-order valence-corrected chi connectivity index (χ1v) is 9.86. The lowest BCUT2D eigenvalue weighted by Crippen LogP contribution is -2.24. The number of benzene rings is 1. The number of aryl methyl sites for hydroxylation is 1. The minimum atomic E-state index is -0.512. The molecule has 1 atom stereocenters. The molecule has 0 aliphatic carbocycles. The molecule has 0 aliphatic rings. The Balaban J connectivity index is 2.13. The summed E-state index contributed by atoms with van der Waals surface area (Å²) in [5.41, 5.74) is 2.38. The van der Waals surface area contributed by atoms with Gasteiger partial charge in [0.25, 0.3) is 0 Å². The van der Waals surface area contributed by atoms with Crippen molar-refractivity contribution in [3.8, 4) is 0 Å². The molecule has 0 radical (unpaired) electrons. The van der Waals surface area contributed by atoms with Gasteiger partial charge in [0.05, 0.1) is 23.8 Å². The largest absolute Gasteiger partial charge is 0.462 e. The highest BCUT2D eigenvalue weighted by Crippen LogP contribution is 2.27. The molecular weight excluding hydrogens is 394 g/mol. The highest BCUT2D eigenvalue weighted by Gasteiger charge is 2.28. The zero-order valence-corrected chi connectivity index (χ0v) is 18.1. The van der Waals surface area contributed by atoms with E-state index in [-0.39, 0.29) is 18.2 Å². The number of Topliss-reactive ketones (excluding diaryl/α,β-unsaturated/α-hetero) is 1. The number of ether oxygens (including phenoxy) is 2. The number of rotatable bonds is 8. The van der Waals surface area contributed by atoms with Crippen molar-refractivity contribution in [2.45, 2.75) is 40.5 Å². The molecule has 29 heavy (non-hydrogen) atoms. The summed E-state index contributed by atoms with van der Waals surface area (Å²) in [4.78, 5) is 40.3. The van der Waals surface area contributed by atoms with Gasteiger partial charge in [-0.1, -0.05) is 37.6 Å². The Morgan fingerprint density at radius 2 is 1.69 bits per heavy atom. The molecule has 2 aromatic rings. The predicted octanol–water partition coefficient (Wildman–Crippen LogP) is 4.63. The number of carbonyl (C=O) groups is 3. The molecule has 0 aliphatic heterocycles. The molecule has 0 saturated carbocycles. The predicted molar refractivity (Wildman–Crippen MR) is 111 cm³/mol. The van der Waals surface area contributed by atoms with Gasteiger partial charge in [-0.25, -0.2) is 4.79 Å². The van der Waals surface area contributed by atoms with E-state index in [1.54, 1.807) is 45.0 Å². The molecule has 0 fully saturated rings. The van der Waals surface area contributed by atoms with Gasteiger partial charge in [-0.05, 0) is 49.9 Å². The third-order valence-electron chi connectivity index (χ3n) is 4.69. The van der Waals surface area contributed by atoms with Crippen LogP contribution in [0.3, 0.4) is 0 Å². The van der Waals surface area contributed by atoms with Crippen molar-refractivity contribution < 1.29 is 23.9 Å². The van der Waals surface area contributed by atoms with Gasteiger partial charge in [0, 0.05) is 10.7 Å². The Hall–Kier alpha value is -2.60. The summed E-state index contributed by atoms with van der Waals surface area (Å²) in [6.07, 6.45) is 0. The fourth-order valence-electron chi connectivity index (χ4n) is 3.30. The Morgan fingerprint density at radius 1 is 1.07 bits per heavy atom. The number of nitrogens with one attached hydrogen (secondary N) is 1. The molecule has 2 rings (SSSR count). The normalized spacial score (nSPS) is 12.0. The SMILES string of the molecule is CCOC(=O)c1c(C)[nH]c(C(=O)COC(=O)[C@H](c2ccc(Cl)cc2)C(C)C)c1C. The van der Waals surface area contributed by atoms with Crippen molar-refractivity contribution in [2.24, 2.45) is 5.92 Å². The molecule has 1 aromatic heterocycles. The standard InChI is InChI=1S/C22H26ClNO5/c1-6-28-22(27)19-13(4)20(24-14(19)5)17(25)11-29-21(26)18(12(2)3)15-7-9-16(23)10-8-15/h7-10,12,18,24H,6,11H2,1-5H3/t18-/m0/s1. The van der Waals surface area contributed by atoms with Crippen LogP contribution in [0.25, 0.3) is 0 Å². The first kappa shape index (κ1) is 22.7. The number of H-pyrrole nitrogens is 1. The third-order valence-corrected chi connectivity index (χ3v) is 4.94. The first-order chi connectivity index (χ1) is 13.7. The van der Waals surface area contributed by atoms with Crippen LogP contribution in [0.2, 0.25) is 5.02 Å². The summed E-state index contributed by atoms with van der Waals surface area (Å²) in [5.74, 6) is -1.92. The number of esters is 2. The van der Waals surface area contributed by atoms with E-state index in [1.165, 1.54) is 0 Å². The van der Waals surface area contributed by atoms with Gasteiger partial charge in [0.2, 0.25) is 5.78 Å². The van der Waals surface area contributed by atoms with Crippen LogP contribution in [-0.4, -0.2) is 35.9 Å². The highest BCUT2D eigenvalue weighted by molar-refractivity contribution is 6.30. The van der Waals surface area contributed by atoms with E-state index >= 15 is 0 Å². The number of hydrogen-bond donors (Lipinski definition) is 1. The van der Waals surface area contributed by atoms with Crippen LogP contribution in [0.1, 0.15) is 64.4 Å². The highest BCUT2D eigenvalue weighted by atomic mass is 35.5. The molecule has 1 aromatic carbocycles. The second kappa shape index (κ2) is 9.74. The van der Waals surface area contributed by atoms with Crippen LogP contribution in [0, 0.1) is 19.8 Å². The number of aromatic amines is 1. The van der Waals surface area contributed by atoms with E-state index in [1.807, 2.05) is 13.8 Å². The van der Waals surface area contributed by atoms with Gasteiger partial charge < -0.3 is 14.5 Å². The van der Waals surface area contributed by atoms with Crippen molar-refractivity contribution in [3.63, 3.8) is 0 Å². The number of ketones is 1.